The van der Waals surface area contributed by atoms with Gasteiger partial charge in [0.05, 0.1) is 0 Å². The highest BCUT2D eigenvalue weighted by molar-refractivity contribution is 5.84. The molecule has 2 unspecified atom stereocenters. The lowest BCUT2D eigenvalue weighted by molar-refractivity contribution is -0.423. The molecule has 1 heterocycles. The van der Waals surface area contributed by atoms with Crippen LogP contribution in [0.15, 0.2) is 24.3 Å². The quantitative estimate of drug-likeness (QED) is 0.678. The van der Waals surface area contributed by atoms with Crippen molar-refractivity contribution in [2.75, 3.05) is 0 Å². The van der Waals surface area contributed by atoms with Crippen LogP contribution in [0.1, 0.15) is 19.4 Å². The number of carbonyl (C=O) groups is 1. The number of phenolic OH excluding ortho intramolecular Hbond substituents is 1. The molecule has 0 saturated carbocycles. The van der Waals surface area contributed by atoms with Crippen molar-refractivity contribution in [3.8, 4) is 5.75 Å². The Labute approximate surface area is 101 Å². The van der Waals surface area contributed by atoms with Crippen molar-refractivity contribution < 1.29 is 15.6 Å². The summed E-state index contributed by atoms with van der Waals surface area (Å²) in [4.78, 5) is 11.6. The molecular formula is C13H19N2O2+. The normalized spacial score (nSPS) is 26.9. The van der Waals surface area contributed by atoms with Gasteiger partial charge in [-0.2, -0.15) is 0 Å². The minimum atomic E-state index is -0.204. The summed E-state index contributed by atoms with van der Waals surface area (Å²) in [5, 5.41) is 12.2. The summed E-state index contributed by atoms with van der Waals surface area (Å²) >= 11 is 0. The highest BCUT2D eigenvalue weighted by atomic mass is 16.3. The van der Waals surface area contributed by atoms with Crippen molar-refractivity contribution in [2.24, 2.45) is 5.41 Å². The smallest absolute Gasteiger partial charge is 0.279 e. The highest BCUT2D eigenvalue weighted by Crippen LogP contribution is 2.31. The van der Waals surface area contributed by atoms with E-state index in [4.69, 9.17) is 0 Å². The predicted octanol–water partition coefficient (Wildman–Crippen LogP) is 0.0698. The molecule has 1 saturated heterocycles. The van der Waals surface area contributed by atoms with Crippen molar-refractivity contribution in [1.82, 2.24) is 5.32 Å². The number of nitrogens with one attached hydrogen (secondary N) is 1. The third kappa shape index (κ3) is 2.13. The van der Waals surface area contributed by atoms with Crippen LogP contribution in [0.25, 0.3) is 0 Å². The zero-order chi connectivity index (χ0) is 12.6. The first kappa shape index (κ1) is 11.9. The summed E-state index contributed by atoms with van der Waals surface area (Å²) in [5.41, 5.74) is 4.89. The van der Waals surface area contributed by atoms with Gasteiger partial charge in [-0.15, -0.1) is 0 Å². The van der Waals surface area contributed by atoms with Crippen LogP contribution in [0.4, 0.5) is 0 Å². The Bertz CT molecular complexity index is 426. The zero-order valence-electron chi connectivity index (χ0n) is 10.2. The van der Waals surface area contributed by atoms with E-state index in [0.29, 0.717) is 0 Å². The minimum absolute atomic E-state index is 0.0266. The van der Waals surface area contributed by atoms with Gasteiger partial charge in [-0.1, -0.05) is 26.0 Å². The van der Waals surface area contributed by atoms with E-state index in [-0.39, 0.29) is 29.2 Å². The summed E-state index contributed by atoms with van der Waals surface area (Å²) in [7, 11) is 0. The third-order valence-corrected chi connectivity index (χ3v) is 3.81. The van der Waals surface area contributed by atoms with Gasteiger partial charge >= 0.3 is 0 Å². The van der Waals surface area contributed by atoms with Gasteiger partial charge in [-0.3, -0.25) is 4.79 Å². The maximum Gasteiger partial charge on any atom is 0.279 e. The lowest BCUT2D eigenvalue weighted by Gasteiger charge is -2.26. The van der Waals surface area contributed by atoms with Gasteiger partial charge in [0.2, 0.25) is 0 Å². The molecule has 92 valence electrons. The van der Waals surface area contributed by atoms with E-state index in [9.17, 15) is 9.90 Å². The molecule has 2 atom stereocenters. The zero-order valence-corrected chi connectivity index (χ0v) is 10.2. The predicted molar refractivity (Wildman–Crippen MR) is 64.2 cm³/mol. The van der Waals surface area contributed by atoms with Crippen LogP contribution in [-0.2, 0) is 11.2 Å². The second kappa shape index (κ2) is 4.04. The van der Waals surface area contributed by atoms with Crippen LogP contribution in [0.3, 0.4) is 0 Å². The maximum absolute atomic E-state index is 11.6. The van der Waals surface area contributed by atoms with Gasteiger partial charge in [-0.25, -0.2) is 0 Å². The molecule has 0 spiro atoms. The van der Waals surface area contributed by atoms with Crippen molar-refractivity contribution in [3.05, 3.63) is 29.8 Å². The summed E-state index contributed by atoms with van der Waals surface area (Å²) in [6.07, 6.45) is 0.769. The average molecular weight is 235 g/mol. The van der Waals surface area contributed by atoms with Crippen LogP contribution in [0.5, 0.6) is 5.75 Å². The summed E-state index contributed by atoms with van der Waals surface area (Å²) in [6, 6.07) is 7.00. The summed E-state index contributed by atoms with van der Waals surface area (Å²) in [5.74, 6) is 0.289. The van der Waals surface area contributed by atoms with Gasteiger partial charge in [-0.05, 0) is 24.1 Å². The molecule has 4 nitrogen and oxygen atoms in total. The second-order valence-corrected chi connectivity index (χ2v) is 5.31. The van der Waals surface area contributed by atoms with Crippen molar-refractivity contribution in [3.63, 3.8) is 0 Å². The van der Waals surface area contributed by atoms with E-state index < -0.39 is 0 Å². The number of carbonyl (C=O) groups excluding carboxylic acids is 1. The van der Waals surface area contributed by atoms with Crippen molar-refractivity contribution >= 4 is 5.91 Å². The first-order valence-electron chi connectivity index (χ1n) is 5.82. The number of aromatic hydroxyl groups is 1. The number of rotatable bonds is 2. The van der Waals surface area contributed by atoms with Crippen LogP contribution < -0.4 is 11.1 Å². The van der Waals surface area contributed by atoms with Crippen molar-refractivity contribution in [2.45, 2.75) is 32.4 Å². The van der Waals surface area contributed by atoms with Gasteiger partial charge in [0.1, 0.15) is 5.75 Å². The number of hydrogen-bond acceptors (Lipinski definition) is 2. The molecule has 1 fully saturated rings. The molecule has 2 rings (SSSR count). The first-order chi connectivity index (χ1) is 7.91. The number of benzene rings is 1. The molecule has 4 heteroatoms. The fraction of sp³-hybridized carbons (Fsp3) is 0.462. The standard InChI is InChI=1S/C13H18N2O2/c1-13(2)10(15-12(17)11(13)14)7-8-3-5-9(16)6-4-8/h3-6,10-11,16H,7,14H2,1-2H3,(H,15,17)/p+1. The lowest BCUT2D eigenvalue weighted by atomic mass is 9.79. The van der Waals surface area contributed by atoms with Gasteiger partial charge in [0, 0.05) is 11.5 Å². The molecule has 17 heavy (non-hydrogen) atoms. The molecular weight excluding hydrogens is 216 g/mol. The molecule has 1 amide bonds. The fourth-order valence-corrected chi connectivity index (χ4v) is 2.22. The summed E-state index contributed by atoms with van der Waals surface area (Å²) in [6.45, 7) is 4.13. The van der Waals surface area contributed by atoms with Crippen LogP contribution in [-0.4, -0.2) is 23.1 Å². The van der Waals surface area contributed by atoms with E-state index in [1.807, 2.05) is 12.1 Å². The molecule has 0 radical (unpaired) electrons. The third-order valence-electron chi connectivity index (χ3n) is 3.81. The molecule has 1 aromatic carbocycles. The van der Waals surface area contributed by atoms with E-state index >= 15 is 0 Å². The Morgan fingerprint density at radius 1 is 1.35 bits per heavy atom. The highest BCUT2D eigenvalue weighted by Gasteiger charge is 2.49. The molecule has 1 aliphatic heterocycles. The van der Waals surface area contributed by atoms with Crippen molar-refractivity contribution in [1.29, 1.82) is 0 Å². The van der Waals surface area contributed by atoms with Gasteiger partial charge in [0.25, 0.3) is 5.91 Å². The first-order valence-corrected chi connectivity index (χ1v) is 5.82. The van der Waals surface area contributed by atoms with E-state index in [1.54, 1.807) is 12.1 Å². The molecule has 1 aromatic rings. The van der Waals surface area contributed by atoms with Crippen LogP contribution in [0, 0.1) is 5.41 Å². The lowest BCUT2D eigenvalue weighted by Crippen LogP contribution is -2.69. The maximum atomic E-state index is 11.6. The Balaban J connectivity index is 2.14. The average Bonchev–Trinajstić information content (AvgIpc) is 2.46. The number of quaternary nitrogens is 1. The van der Waals surface area contributed by atoms with Gasteiger partial charge in [0.15, 0.2) is 6.04 Å². The van der Waals surface area contributed by atoms with Crippen LogP contribution in [0.2, 0.25) is 0 Å². The monoisotopic (exact) mass is 235 g/mol. The fourth-order valence-electron chi connectivity index (χ4n) is 2.22. The SMILES string of the molecule is CC1(C)C(Cc2ccc(O)cc2)NC(=O)C1[NH3+]. The Hall–Kier alpha value is -1.55. The molecule has 1 aliphatic rings. The van der Waals surface area contributed by atoms with Crippen LogP contribution >= 0.6 is 0 Å². The van der Waals surface area contributed by atoms with E-state index in [2.05, 4.69) is 24.9 Å². The van der Waals surface area contributed by atoms with Gasteiger partial charge < -0.3 is 16.2 Å². The van der Waals surface area contributed by atoms with E-state index in [0.717, 1.165) is 12.0 Å². The number of hydrogen-bond donors (Lipinski definition) is 3. The largest absolute Gasteiger partial charge is 0.508 e. The number of amides is 1. The molecule has 5 N–H and O–H groups in total. The Morgan fingerprint density at radius 2 is 1.94 bits per heavy atom. The Kier molecular flexibility index (Phi) is 2.83. The Morgan fingerprint density at radius 3 is 2.41 bits per heavy atom. The summed E-state index contributed by atoms with van der Waals surface area (Å²) < 4.78 is 0. The topological polar surface area (TPSA) is 77.0 Å². The minimum Gasteiger partial charge on any atom is -0.508 e. The number of phenols is 1. The van der Waals surface area contributed by atoms with E-state index in [1.165, 1.54) is 0 Å². The second-order valence-electron chi connectivity index (χ2n) is 5.31. The molecule has 0 aliphatic carbocycles. The molecule has 0 aromatic heterocycles. The molecule has 0 bridgehead atoms.